The molecule has 1 amide bonds. The topological polar surface area (TPSA) is 84.9 Å². The highest BCUT2D eigenvalue weighted by Gasteiger charge is 2.22. The van der Waals surface area contributed by atoms with Gasteiger partial charge >= 0.3 is 0 Å². The van der Waals surface area contributed by atoms with E-state index in [0.29, 0.717) is 22.7 Å². The maximum absolute atomic E-state index is 12.5. The molecule has 2 aromatic rings. The number of rotatable bonds is 7. The van der Waals surface area contributed by atoms with Gasteiger partial charge in [-0.2, -0.15) is 4.31 Å². The molecule has 0 bridgehead atoms. The third-order valence-electron chi connectivity index (χ3n) is 4.26. The number of fused-ring (bicyclic) bond motifs is 1. The van der Waals surface area contributed by atoms with Crippen LogP contribution in [0.25, 0.3) is 0 Å². The molecule has 0 saturated heterocycles. The molecule has 2 aromatic carbocycles. The number of para-hydroxylation sites is 1. The minimum absolute atomic E-state index is 0.0678. The fourth-order valence-electron chi connectivity index (χ4n) is 2.83. The zero-order chi connectivity index (χ0) is 19.4. The van der Waals surface area contributed by atoms with Gasteiger partial charge in [0.15, 0.2) is 11.5 Å². The Morgan fingerprint density at radius 1 is 1.15 bits per heavy atom. The number of amides is 1. The highest BCUT2D eigenvalue weighted by atomic mass is 32.2. The van der Waals surface area contributed by atoms with Crippen LogP contribution in [0.4, 0.5) is 5.69 Å². The molecule has 8 heteroatoms. The summed E-state index contributed by atoms with van der Waals surface area (Å²) in [6, 6.07) is 12.7. The summed E-state index contributed by atoms with van der Waals surface area (Å²) < 4.78 is 36.1. The lowest BCUT2D eigenvalue weighted by Gasteiger charge is -2.20. The highest BCUT2D eigenvalue weighted by Crippen LogP contribution is 2.33. The summed E-state index contributed by atoms with van der Waals surface area (Å²) in [5.41, 5.74) is 2.40. The number of carbonyl (C=O) groups is 1. The van der Waals surface area contributed by atoms with Crippen molar-refractivity contribution in [3.63, 3.8) is 0 Å². The number of anilines is 1. The molecule has 1 aliphatic rings. The number of carbonyl (C=O) groups excluding carboxylic acids is 1. The van der Waals surface area contributed by atoms with E-state index in [4.69, 9.17) is 9.47 Å². The molecule has 0 saturated carbocycles. The van der Waals surface area contributed by atoms with Crippen LogP contribution in [-0.4, -0.2) is 38.2 Å². The molecule has 7 nitrogen and oxygen atoms in total. The van der Waals surface area contributed by atoms with E-state index in [2.05, 4.69) is 5.32 Å². The van der Waals surface area contributed by atoms with E-state index in [1.54, 1.807) is 24.3 Å². The van der Waals surface area contributed by atoms with Crippen molar-refractivity contribution in [1.29, 1.82) is 0 Å². The van der Waals surface area contributed by atoms with E-state index >= 15 is 0 Å². The monoisotopic (exact) mass is 390 g/mol. The Labute approximate surface area is 158 Å². The number of nitrogens with one attached hydrogen (secondary N) is 1. The number of hydrogen-bond acceptors (Lipinski definition) is 5. The quantitative estimate of drug-likeness (QED) is 0.785. The molecule has 1 aliphatic heterocycles. The number of ether oxygens (including phenoxy) is 2. The zero-order valence-corrected chi connectivity index (χ0v) is 16.1. The van der Waals surface area contributed by atoms with Gasteiger partial charge in [0, 0.05) is 12.2 Å². The van der Waals surface area contributed by atoms with Crippen molar-refractivity contribution in [2.24, 2.45) is 0 Å². The van der Waals surface area contributed by atoms with Gasteiger partial charge in [0.1, 0.15) is 0 Å². The second-order valence-electron chi connectivity index (χ2n) is 6.28. The van der Waals surface area contributed by atoms with Crippen LogP contribution < -0.4 is 14.8 Å². The van der Waals surface area contributed by atoms with Gasteiger partial charge in [-0.25, -0.2) is 8.42 Å². The van der Waals surface area contributed by atoms with Gasteiger partial charge in [-0.1, -0.05) is 31.2 Å². The van der Waals surface area contributed by atoms with Crippen molar-refractivity contribution in [1.82, 2.24) is 4.31 Å². The van der Waals surface area contributed by atoms with Crippen molar-refractivity contribution < 1.29 is 22.7 Å². The molecule has 1 heterocycles. The Kier molecular flexibility index (Phi) is 5.67. The average Bonchev–Trinajstić information content (AvgIpc) is 3.08. The van der Waals surface area contributed by atoms with Gasteiger partial charge < -0.3 is 14.8 Å². The Balaban J connectivity index is 1.73. The summed E-state index contributed by atoms with van der Waals surface area (Å²) in [6.07, 6.45) is 1.86. The van der Waals surface area contributed by atoms with E-state index in [1.165, 1.54) is 0 Å². The summed E-state index contributed by atoms with van der Waals surface area (Å²) in [5.74, 6) is 0.808. The summed E-state index contributed by atoms with van der Waals surface area (Å²) >= 11 is 0. The molecule has 3 rings (SSSR count). The van der Waals surface area contributed by atoms with Crippen LogP contribution in [0.5, 0.6) is 11.5 Å². The van der Waals surface area contributed by atoms with E-state index in [-0.39, 0.29) is 25.8 Å². The SMILES string of the molecule is CCc1ccccc1NC(=O)CN(Cc1ccc2c(c1)OCO2)S(C)(=O)=O. The summed E-state index contributed by atoms with van der Waals surface area (Å²) in [4.78, 5) is 12.5. The highest BCUT2D eigenvalue weighted by molar-refractivity contribution is 7.88. The number of benzene rings is 2. The Bertz CT molecular complexity index is 943. The van der Waals surface area contributed by atoms with Crippen LogP contribution in [0.2, 0.25) is 0 Å². The molecule has 1 N–H and O–H groups in total. The minimum Gasteiger partial charge on any atom is -0.454 e. The third kappa shape index (κ3) is 4.78. The Morgan fingerprint density at radius 2 is 1.89 bits per heavy atom. The lowest BCUT2D eigenvalue weighted by molar-refractivity contribution is -0.116. The predicted molar refractivity (Wildman–Crippen MR) is 102 cm³/mol. The average molecular weight is 390 g/mol. The van der Waals surface area contributed by atoms with Crippen molar-refractivity contribution in [2.45, 2.75) is 19.9 Å². The van der Waals surface area contributed by atoms with Gasteiger partial charge in [0.25, 0.3) is 0 Å². The minimum atomic E-state index is -3.58. The first-order valence-corrected chi connectivity index (χ1v) is 10.4. The second kappa shape index (κ2) is 7.98. The largest absolute Gasteiger partial charge is 0.454 e. The Morgan fingerprint density at radius 3 is 2.63 bits per heavy atom. The molecular weight excluding hydrogens is 368 g/mol. The molecule has 27 heavy (non-hydrogen) atoms. The molecule has 0 aliphatic carbocycles. The van der Waals surface area contributed by atoms with Crippen molar-refractivity contribution in [3.8, 4) is 11.5 Å². The van der Waals surface area contributed by atoms with Crippen molar-refractivity contribution >= 4 is 21.6 Å². The van der Waals surface area contributed by atoms with E-state index in [1.807, 2.05) is 25.1 Å². The first-order valence-electron chi connectivity index (χ1n) is 8.58. The number of aryl methyl sites for hydroxylation is 1. The predicted octanol–water partition coefficient (Wildman–Crippen LogP) is 2.38. The molecule has 0 unspecified atom stereocenters. The van der Waals surface area contributed by atoms with Crippen molar-refractivity contribution in [2.75, 3.05) is 24.9 Å². The molecule has 0 radical (unpaired) electrons. The van der Waals surface area contributed by atoms with Gasteiger partial charge in [0.05, 0.1) is 12.8 Å². The first kappa shape index (κ1) is 19.2. The first-order chi connectivity index (χ1) is 12.9. The molecule has 144 valence electrons. The normalized spacial score (nSPS) is 13.0. The second-order valence-corrected chi connectivity index (χ2v) is 8.26. The van der Waals surface area contributed by atoms with Crippen LogP contribution >= 0.6 is 0 Å². The van der Waals surface area contributed by atoms with Gasteiger partial charge in [0.2, 0.25) is 22.7 Å². The van der Waals surface area contributed by atoms with Crippen LogP contribution in [-0.2, 0) is 27.8 Å². The zero-order valence-electron chi connectivity index (χ0n) is 15.3. The molecule has 0 atom stereocenters. The number of nitrogens with zero attached hydrogens (tertiary/aromatic N) is 1. The van der Waals surface area contributed by atoms with Crippen LogP contribution in [0, 0.1) is 0 Å². The van der Waals surface area contributed by atoms with Gasteiger partial charge in [-0.05, 0) is 35.7 Å². The smallest absolute Gasteiger partial charge is 0.239 e. The van der Waals surface area contributed by atoms with E-state index in [0.717, 1.165) is 22.5 Å². The molecular formula is C19H22N2O5S. The van der Waals surface area contributed by atoms with E-state index < -0.39 is 10.0 Å². The molecule has 0 aromatic heterocycles. The lowest BCUT2D eigenvalue weighted by atomic mass is 10.1. The summed E-state index contributed by atoms with van der Waals surface area (Å²) in [5, 5.41) is 2.80. The Hall–Kier alpha value is -2.58. The number of sulfonamides is 1. The fourth-order valence-corrected chi connectivity index (χ4v) is 3.57. The fraction of sp³-hybridized carbons (Fsp3) is 0.316. The summed E-state index contributed by atoms with van der Waals surface area (Å²) in [6.45, 7) is 1.94. The molecule has 0 spiro atoms. The third-order valence-corrected chi connectivity index (χ3v) is 5.45. The van der Waals surface area contributed by atoms with Crippen molar-refractivity contribution in [3.05, 3.63) is 53.6 Å². The maximum Gasteiger partial charge on any atom is 0.239 e. The van der Waals surface area contributed by atoms with Crippen LogP contribution in [0.1, 0.15) is 18.1 Å². The summed E-state index contributed by atoms with van der Waals surface area (Å²) in [7, 11) is -3.58. The lowest BCUT2D eigenvalue weighted by Crippen LogP contribution is -2.37. The van der Waals surface area contributed by atoms with Gasteiger partial charge in [-0.15, -0.1) is 0 Å². The van der Waals surface area contributed by atoms with Gasteiger partial charge in [-0.3, -0.25) is 4.79 Å². The van der Waals surface area contributed by atoms with E-state index in [9.17, 15) is 13.2 Å². The van der Waals surface area contributed by atoms with Crippen LogP contribution in [0.3, 0.4) is 0 Å². The standard InChI is InChI=1S/C19H22N2O5S/c1-3-15-6-4-5-7-16(15)20-19(22)12-21(27(2,23)24)11-14-8-9-17-18(10-14)26-13-25-17/h4-10H,3,11-13H2,1-2H3,(H,20,22). The number of hydrogen-bond donors (Lipinski definition) is 1. The molecule has 0 fully saturated rings. The van der Waals surface area contributed by atoms with Crippen LogP contribution in [0.15, 0.2) is 42.5 Å². The maximum atomic E-state index is 12.5.